The number of carbonyl (C=O) groups is 8. The molecule has 0 unspecified atom stereocenters. The minimum absolute atomic E-state index is 0. The molecule has 2 aromatic carbocycles. The van der Waals surface area contributed by atoms with Crippen LogP contribution in [0.5, 0.6) is 0 Å². The van der Waals surface area contributed by atoms with E-state index in [-0.39, 0.29) is 244 Å². The second-order valence-corrected chi connectivity index (χ2v) is 4.67. The molecule has 0 saturated heterocycles. The van der Waals surface area contributed by atoms with Gasteiger partial charge < -0.3 is 58.8 Å². The van der Waals surface area contributed by atoms with Gasteiger partial charge in [-0.15, -0.1) is 0 Å². The van der Waals surface area contributed by atoms with Crippen molar-refractivity contribution in [3.63, 3.8) is 0 Å². The van der Waals surface area contributed by atoms with Crippen molar-refractivity contribution in [1.82, 2.24) is 0 Å². The van der Waals surface area contributed by atoms with Crippen molar-refractivity contribution in [1.29, 1.82) is 0 Å². The number of aromatic carboxylic acids is 4. The van der Waals surface area contributed by atoms with E-state index in [0.717, 1.165) is 36.4 Å². The summed E-state index contributed by atoms with van der Waals surface area (Å²) in [5.74, 6) is -6.75. The molecule has 0 N–H and O–H groups in total. The fourth-order valence-electron chi connectivity index (χ4n) is 2.15. The van der Waals surface area contributed by atoms with Crippen LogP contribution in [0.25, 0.3) is 11.1 Å². The van der Waals surface area contributed by atoms with Crippen molar-refractivity contribution in [3.8, 4) is 11.1 Å². The van der Waals surface area contributed by atoms with Gasteiger partial charge in [-0.3, -0.25) is 0 Å². The second-order valence-electron chi connectivity index (χ2n) is 4.67. The Morgan fingerprint density at radius 1 is 0.444 bits per heavy atom. The Hall–Kier alpha value is 2.22. The van der Waals surface area contributed by atoms with Gasteiger partial charge in [0.1, 0.15) is 27.2 Å². The van der Waals surface area contributed by atoms with Gasteiger partial charge in [0.25, 0.3) is 0 Å². The zero-order valence-electron chi connectivity index (χ0n) is 20.2. The van der Waals surface area contributed by atoms with Gasteiger partial charge in [0, 0.05) is 11.1 Å². The third kappa shape index (κ3) is 19.3. The molecule has 170 valence electrons. The van der Waals surface area contributed by atoms with Crippen LogP contribution >= 0.6 is 0 Å². The van der Waals surface area contributed by atoms with E-state index in [1.165, 1.54) is 0 Å². The van der Waals surface area contributed by atoms with Gasteiger partial charge in [0.05, 0.1) is 23.9 Å². The number of carbonyl (C=O) groups excluding carboxylic acids is 8. The van der Waals surface area contributed by atoms with Gasteiger partial charge in [0.2, 0.25) is 0 Å². The van der Waals surface area contributed by atoms with E-state index in [2.05, 4.69) is 0 Å². The first-order chi connectivity index (χ1) is 15.2. The zero-order valence-corrected chi connectivity index (χ0v) is 39.9. The van der Waals surface area contributed by atoms with Gasteiger partial charge in [-0.25, -0.2) is 0 Å². The number of carboxylic acids is 4. The molecule has 0 spiro atoms. The Balaban J connectivity index is -0.000000128. The smallest absolute Gasteiger partial charge is 0.545 e. The number of hydrogen-bond donors (Lipinski definition) is 0. The van der Waals surface area contributed by atoms with Crippen molar-refractivity contribution in [2.45, 2.75) is 0 Å². The van der Waals surface area contributed by atoms with Crippen LogP contribution in [0, 0.1) is 0 Å². The zero-order chi connectivity index (χ0) is 26.0. The van der Waals surface area contributed by atoms with E-state index in [0.29, 0.717) is 0 Å². The van der Waals surface area contributed by atoms with E-state index in [4.69, 9.17) is 19.2 Å². The number of carboxylic acid groups (broad SMARTS) is 4. The summed E-state index contributed by atoms with van der Waals surface area (Å²) < 4.78 is 0. The van der Waals surface area contributed by atoms with Crippen LogP contribution < -0.4 is 253 Å². The number of benzene rings is 2. The summed E-state index contributed by atoms with van der Waals surface area (Å²) in [6.07, 6.45) is 0. The molecule has 0 radical (unpaired) electrons. The molecule has 0 aromatic heterocycles. The maximum Gasteiger partial charge on any atom is 1.00 e. The summed E-state index contributed by atoms with van der Waals surface area (Å²) in [5, 5.41) is 44.1. The summed E-state index contributed by atoms with van der Waals surface area (Å²) in [5.41, 5.74) is -2.44. The molecule has 16 heteroatoms. The predicted molar refractivity (Wildman–Crippen MR) is 97.7 cm³/mol. The summed E-state index contributed by atoms with van der Waals surface area (Å²) in [4.78, 5) is 76.1. The first-order valence-corrected chi connectivity index (χ1v) is 7.51. The van der Waals surface area contributed by atoms with Crippen molar-refractivity contribution >= 4 is 51.0 Å². The molecule has 36 heavy (non-hydrogen) atoms. The Bertz CT molecular complexity index is 888. The first kappa shape index (κ1) is 54.3. The molecule has 12 nitrogen and oxygen atoms in total. The Labute approximate surface area is 401 Å². The Morgan fingerprint density at radius 3 is 0.833 bits per heavy atom. The number of hydrogen-bond acceptors (Lipinski definition) is 12. The Morgan fingerprint density at radius 2 is 0.667 bits per heavy atom. The molecule has 0 atom stereocenters. The van der Waals surface area contributed by atoms with Gasteiger partial charge in [0.15, 0.2) is 0 Å². The molecule has 0 aliphatic carbocycles. The molecule has 0 aliphatic heterocycles. The van der Waals surface area contributed by atoms with Crippen LogP contribution in [0.15, 0.2) is 36.4 Å². The average molecular weight is 788 g/mol. The Kier molecular flexibility index (Phi) is 50.4. The monoisotopic (exact) mass is 786 g/mol. The maximum atomic E-state index is 11.2. The quantitative estimate of drug-likeness (QED) is 0.275. The van der Waals surface area contributed by atoms with E-state index in [1.807, 2.05) is 27.2 Å². The topological polar surface area (TPSA) is 229 Å². The summed E-state index contributed by atoms with van der Waals surface area (Å²) >= 11 is 0. The summed E-state index contributed by atoms with van der Waals surface area (Å²) in [7, 11) is 0. The van der Waals surface area contributed by atoms with Crippen LogP contribution in [-0.4, -0.2) is 51.0 Å². The molecule has 0 heterocycles. The third-order valence-electron chi connectivity index (χ3n) is 3.24. The molecular formula is C20H14O12Rb4. The standard InChI is InChI=1S/C16H10O8.4CH2O.4Rb/c17-13(18)7-1-3-9(11(5-7)15(21)22)10-4-2-8(14(19)20)6-12(10)16(23)24;4*1-2;;;;/h1-6H,(H,17,18)(H,19,20)(H,21,22)(H,23,24);4*1H2;;;;/q;;;;;4*+1/p-4. The first-order valence-electron chi connectivity index (χ1n) is 7.51. The van der Waals surface area contributed by atoms with Crippen molar-refractivity contribution < 1.29 is 292 Å². The molecule has 0 fully saturated rings. The number of rotatable bonds is 5. The van der Waals surface area contributed by atoms with E-state index in [9.17, 15) is 39.6 Å². The van der Waals surface area contributed by atoms with Crippen LogP contribution in [0.4, 0.5) is 0 Å². The van der Waals surface area contributed by atoms with Crippen molar-refractivity contribution in [2.24, 2.45) is 0 Å². The minimum atomic E-state index is -1.75. The van der Waals surface area contributed by atoms with Gasteiger partial charge in [-0.2, -0.15) is 0 Å². The van der Waals surface area contributed by atoms with Gasteiger partial charge in [-0.1, -0.05) is 24.3 Å². The van der Waals surface area contributed by atoms with Crippen molar-refractivity contribution in [3.05, 3.63) is 58.7 Å². The van der Waals surface area contributed by atoms with Crippen molar-refractivity contribution in [2.75, 3.05) is 0 Å². The van der Waals surface area contributed by atoms with Gasteiger partial charge in [-0.05, 0) is 34.4 Å². The summed E-state index contributed by atoms with van der Waals surface area (Å²) in [6, 6.07) is 5.65. The van der Waals surface area contributed by atoms with Crippen LogP contribution in [0.1, 0.15) is 41.4 Å². The normalized spacial score (nSPS) is 7.22. The molecular weight excluding hydrogens is 774 g/mol. The molecule has 0 aliphatic rings. The molecule has 0 saturated carbocycles. The largest absolute Gasteiger partial charge is 1.00 e. The van der Waals surface area contributed by atoms with Crippen LogP contribution in [0.2, 0.25) is 0 Å². The third-order valence-corrected chi connectivity index (χ3v) is 3.24. The summed E-state index contributed by atoms with van der Waals surface area (Å²) in [6.45, 7) is 8.00. The van der Waals surface area contributed by atoms with Crippen LogP contribution in [-0.2, 0) is 19.2 Å². The van der Waals surface area contributed by atoms with Gasteiger partial charge >= 0.3 is 233 Å². The molecule has 0 amide bonds. The van der Waals surface area contributed by atoms with E-state index in [1.54, 1.807) is 0 Å². The maximum absolute atomic E-state index is 11.2. The second kappa shape index (κ2) is 33.4. The average Bonchev–Trinajstić information content (AvgIpc) is 2.83. The fraction of sp³-hybridized carbons (Fsp3) is 0. The predicted octanol–water partition coefficient (Wildman–Crippen LogP) is -15.9. The minimum Gasteiger partial charge on any atom is -0.545 e. The van der Waals surface area contributed by atoms with E-state index >= 15 is 0 Å². The molecule has 2 rings (SSSR count). The van der Waals surface area contributed by atoms with E-state index < -0.39 is 46.1 Å². The van der Waals surface area contributed by atoms with Crippen LogP contribution in [0.3, 0.4) is 0 Å². The SMILES string of the molecule is C=O.C=O.C=O.C=O.O=C([O-])c1ccc(-c2ccc(C(=O)[O-])cc2C(=O)[O-])c(C(=O)[O-])c1.[Rb+].[Rb+].[Rb+].[Rb+]. The molecule has 0 bridgehead atoms. The fourth-order valence-corrected chi connectivity index (χ4v) is 2.15. The molecule has 2 aromatic rings.